The highest BCUT2D eigenvalue weighted by molar-refractivity contribution is 9.10. The zero-order valence-electron chi connectivity index (χ0n) is 15.0. The number of rotatable bonds is 2. The van der Waals surface area contributed by atoms with Crippen LogP contribution in [0.15, 0.2) is 95.5 Å². The SMILES string of the molecule is Cc1ccc(-c2ccc(-n3c4ccccc4c4cc(Br)ccc43)cc2)cc1. The highest BCUT2D eigenvalue weighted by Crippen LogP contribution is 2.34. The number of aromatic nitrogens is 1. The molecule has 0 amide bonds. The third kappa shape index (κ3) is 2.77. The first-order chi connectivity index (χ1) is 13.2. The molecule has 0 spiro atoms. The van der Waals surface area contributed by atoms with Crippen LogP contribution in [0.25, 0.3) is 38.6 Å². The molecule has 0 saturated heterocycles. The molecule has 0 aliphatic heterocycles. The lowest BCUT2D eigenvalue weighted by Crippen LogP contribution is -1.93. The molecule has 1 nitrogen and oxygen atoms in total. The molecule has 130 valence electrons. The average Bonchev–Trinajstić information content (AvgIpc) is 3.02. The summed E-state index contributed by atoms with van der Waals surface area (Å²) in [5, 5.41) is 2.54. The van der Waals surface area contributed by atoms with Gasteiger partial charge in [-0.05, 0) is 54.4 Å². The van der Waals surface area contributed by atoms with Crippen molar-refractivity contribution in [1.82, 2.24) is 4.57 Å². The van der Waals surface area contributed by atoms with Crippen LogP contribution in [0.3, 0.4) is 0 Å². The second-order valence-corrected chi connectivity index (χ2v) is 7.84. The molecule has 2 heteroatoms. The summed E-state index contributed by atoms with van der Waals surface area (Å²) < 4.78 is 3.45. The van der Waals surface area contributed by atoms with Crippen molar-refractivity contribution in [2.75, 3.05) is 0 Å². The summed E-state index contributed by atoms with van der Waals surface area (Å²) in [7, 11) is 0. The third-order valence-corrected chi connectivity index (χ3v) is 5.64. The van der Waals surface area contributed by atoms with Crippen LogP contribution in [-0.4, -0.2) is 4.57 Å². The van der Waals surface area contributed by atoms with Crippen LogP contribution in [0.4, 0.5) is 0 Å². The van der Waals surface area contributed by atoms with E-state index in [2.05, 4.69) is 118 Å². The van der Waals surface area contributed by atoms with Crippen LogP contribution >= 0.6 is 15.9 Å². The van der Waals surface area contributed by atoms with Gasteiger partial charge in [0.15, 0.2) is 0 Å². The first kappa shape index (κ1) is 16.3. The van der Waals surface area contributed by atoms with Crippen molar-refractivity contribution in [3.05, 3.63) is 101 Å². The van der Waals surface area contributed by atoms with Crippen molar-refractivity contribution in [3.8, 4) is 16.8 Å². The first-order valence-electron chi connectivity index (χ1n) is 9.07. The predicted octanol–water partition coefficient (Wildman–Crippen LogP) is 7.52. The fourth-order valence-corrected chi connectivity index (χ4v) is 4.13. The van der Waals surface area contributed by atoms with Gasteiger partial charge in [0.05, 0.1) is 11.0 Å². The molecule has 27 heavy (non-hydrogen) atoms. The minimum atomic E-state index is 1.10. The maximum absolute atomic E-state index is 3.61. The third-order valence-electron chi connectivity index (χ3n) is 5.15. The first-order valence-corrected chi connectivity index (χ1v) is 9.86. The van der Waals surface area contributed by atoms with Gasteiger partial charge in [-0.1, -0.05) is 76.1 Å². The van der Waals surface area contributed by atoms with Crippen LogP contribution in [0.5, 0.6) is 0 Å². The van der Waals surface area contributed by atoms with E-state index in [1.807, 2.05) is 0 Å². The van der Waals surface area contributed by atoms with Crippen molar-refractivity contribution in [2.45, 2.75) is 6.92 Å². The molecule has 0 fully saturated rings. The van der Waals surface area contributed by atoms with Crippen molar-refractivity contribution < 1.29 is 0 Å². The van der Waals surface area contributed by atoms with E-state index in [0.717, 1.165) is 4.47 Å². The molecule has 4 aromatic carbocycles. The number of hydrogen-bond donors (Lipinski definition) is 0. The molecule has 0 N–H and O–H groups in total. The van der Waals surface area contributed by atoms with Crippen LogP contribution in [0, 0.1) is 6.92 Å². The second kappa shape index (κ2) is 6.40. The van der Waals surface area contributed by atoms with Gasteiger partial charge < -0.3 is 4.57 Å². The van der Waals surface area contributed by atoms with Gasteiger partial charge in [0.1, 0.15) is 0 Å². The Morgan fingerprint density at radius 1 is 0.630 bits per heavy atom. The maximum atomic E-state index is 3.61. The molecule has 0 unspecified atom stereocenters. The molecular weight excluding hydrogens is 394 g/mol. The molecule has 0 atom stereocenters. The molecular formula is C25H18BrN. The van der Waals surface area contributed by atoms with E-state index in [1.165, 1.54) is 44.2 Å². The zero-order chi connectivity index (χ0) is 18.4. The smallest absolute Gasteiger partial charge is 0.0541 e. The van der Waals surface area contributed by atoms with E-state index in [1.54, 1.807) is 0 Å². The van der Waals surface area contributed by atoms with Gasteiger partial charge in [0.25, 0.3) is 0 Å². The quantitative estimate of drug-likeness (QED) is 0.283. The Morgan fingerprint density at radius 2 is 1.26 bits per heavy atom. The monoisotopic (exact) mass is 411 g/mol. The van der Waals surface area contributed by atoms with Crippen LogP contribution < -0.4 is 0 Å². The number of hydrogen-bond acceptors (Lipinski definition) is 0. The van der Waals surface area contributed by atoms with Crippen LogP contribution in [-0.2, 0) is 0 Å². The van der Waals surface area contributed by atoms with Crippen LogP contribution in [0.2, 0.25) is 0 Å². The summed E-state index contributed by atoms with van der Waals surface area (Å²) in [6.45, 7) is 2.12. The standard InChI is InChI=1S/C25H18BrN/c1-17-6-8-18(9-7-17)19-10-13-21(14-11-19)27-24-5-3-2-4-22(24)23-16-20(26)12-15-25(23)27/h2-16H,1H3. The van der Waals surface area contributed by atoms with E-state index in [4.69, 9.17) is 0 Å². The predicted molar refractivity (Wildman–Crippen MR) is 119 cm³/mol. The van der Waals surface area contributed by atoms with Gasteiger partial charge in [0, 0.05) is 20.9 Å². The van der Waals surface area contributed by atoms with Gasteiger partial charge in [0.2, 0.25) is 0 Å². The summed E-state index contributed by atoms with van der Waals surface area (Å²) in [6, 6.07) is 32.6. The number of halogens is 1. The van der Waals surface area contributed by atoms with Crippen molar-refractivity contribution in [1.29, 1.82) is 0 Å². The summed E-state index contributed by atoms with van der Waals surface area (Å²) in [6.07, 6.45) is 0. The lowest BCUT2D eigenvalue weighted by atomic mass is 10.0. The number of aryl methyl sites for hydroxylation is 1. The molecule has 0 radical (unpaired) electrons. The average molecular weight is 412 g/mol. The van der Waals surface area contributed by atoms with E-state index >= 15 is 0 Å². The largest absolute Gasteiger partial charge is 0.309 e. The van der Waals surface area contributed by atoms with E-state index < -0.39 is 0 Å². The van der Waals surface area contributed by atoms with Gasteiger partial charge >= 0.3 is 0 Å². The topological polar surface area (TPSA) is 4.93 Å². The number of para-hydroxylation sites is 1. The summed E-state index contributed by atoms with van der Waals surface area (Å²) in [5.74, 6) is 0. The zero-order valence-corrected chi connectivity index (χ0v) is 16.6. The molecule has 0 aliphatic rings. The van der Waals surface area contributed by atoms with Crippen LogP contribution in [0.1, 0.15) is 5.56 Å². The molecule has 0 saturated carbocycles. The second-order valence-electron chi connectivity index (χ2n) is 6.93. The van der Waals surface area contributed by atoms with Gasteiger partial charge in [-0.25, -0.2) is 0 Å². The molecule has 0 aliphatic carbocycles. The number of nitrogens with zero attached hydrogens (tertiary/aromatic N) is 1. The Morgan fingerprint density at radius 3 is 2.00 bits per heavy atom. The Balaban J connectivity index is 1.70. The van der Waals surface area contributed by atoms with E-state index in [9.17, 15) is 0 Å². The number of fused-ring (bicyclic) bond motifs is 3. The maximum Gasteiger partial charge on any atom is 0.0541 e. The molecule has 1 heterocycles. The minimum absolute atomic E-state index is 1.10. The Bertz CT molecular complexity index is 1260. The Kier molecular flexibility index (Phi) is 3.87. The lowest BCUT2D eigenvalue weighted by Gasteiger charge is -2.09. The van der Waals surface area contributed by atoms with Crippen molar-refractivity contribution in [3.63, 3.8) is 0 Å². The van der Waals surface area contributed by atoms with Crippen molar-refractivity contribution in [2.24, 2.45) is 0 Å². The summed E-state index contributed by atoms with van der Waals surface area (Å²) in [4.78, 5) is 0. The van der Waals surface area contributed by atoms with E-state index in [-0.39, 0.29) is 0 Å². The molecule has 5 aromatic rings. The summed E-state index contributed by atoms with van der Waals surface area (Å²) >= 11 is 3.61. The number of benzene rings is 4. The molecule has 0 bridgehead atoms. The highest BCUT2D eigenvalue weighted by atomic mass is 79.9. The van der Waals surface area contributed by atoms with Gasteiger partial charge in [-0.15, -0.1) is 0 Å². The molecule has 5 rings (SSSR count). The summed E-state index contributed by atoms with van der Waals surface area (Å²) in [5.41, 5.74) is 7.41. The van der Waals surface area contributed by atoms with Gasteiger partial charge in [-0.3, -0.25) is 0 Å². The molecule has 1 aromatic heterocycles. The van der Waals surface area contributed by atoms with E-state index in [0.29, 0.717) is 0 Å². The van der Waals surface area contributed by atoms with Gasteiger partial charge in [-0.2, -0.15) is 0 Å². The minimum Gasteiger partial charge on any atom is -0.309 e. The normalized spacial score (nSPS) is 11.3. The van der Waals surface area contributed by atoms with Crippen molar-refractivity contribution >= 4 is 37.7 Å². The fraction of sp³-hybridized carbons (Fsp3) is 0.0400. The lowest BCUT2D eigenvalue weighted by molar-refractivity contribution is 1.18. The highest BCUT2D eigenvalue weighted by Gasteiger charge is 2.12. The Hall–Kier alpha value is -2.84. The fourth-order valence-electron chi connectivity index (χ4n) is 3.77. The Labute approximate surface area is 167 Å².